The molecule has 1 saturated heterocycles. The largest absolute Gasteiger partial charge is 0.379 e. The van der Waals surface area contributed by atoms with E-state index in [2.05, 4.69) is 15.5 Å². The number of anilines is 2. The summed E-state index contributed by atoms with van der Waals surface area (Å²) in [5, 5.41) is 16.5. The first-order valence-electron chi connectivity index (χ1n) is 8.77. The lowest BCUT2D eigenvalue weighted by atomic mass is 10.2. The van der Waals surface area contributed by atoms with E-state index in [1.54, 1.807) is 12.1 Å². The van der Waals surface area contributed by atoms with Gasteiger partial charge in [0.05, 0.1) is 24.7 Å². The Kier molecular flexibility index (Phi) is 6.35. The molecule has 0 radical (unpaired) electrons. The maximum atomic E-state index is 12.1. The minimum Gasteiger partial charge on any atom is -0.379 e. The van der Waals surface area contributed by atoms with E-state index < -0.39 is 4.92 Å². The smallest absolute Gasteiger partial charge is 0.271 e. The molecule has 1 amide bonds. The standard InChI is InChI=1S/C19H22N4O4/c24-19(13-20-17-2-1-3-18(12-17)23(25)26)21-16-6-4-15(5-7-16)14-22-8-10-27-11-9-22/h1-7,12,20H,8-11,13-14H2,(H,21,24). The zero-order chi connectivity index (χ0) is 19.1. The van der Waals surface area contributed by atoms with Crippen molar-refractivity contribution in [3.63, 3.8) is 0 Å². The Bertz CT molecular complexity index is 789. The van der Waals surface area contributed by atoms with Gasteiger partial charge in [-0.25, -0.2) is 0 Å². The Hall–Kier alpha value is -2.97. The number of hydrogen-bond acceptors (Lipinski definition) is 6. The first-order valence-corrected chi connectivity index (χ1v) is 8.77. The van der Waals surface area contributed by atoms with Crippen LogP contribution in [0, 0.1) is 10.1 Å². The third-order valence-electron chi connectivity index (χ3n) is 4.26. The van der Waals surface area contributed by atoms with Gasteiger partial charge >= 0.3 is 0 Å². The Labute approximate surface area is 157 Å². The fourth-order valence-corrected chi connectivity index (χ4v) is 2.83. The van der Waals surface area contributed by atoms with Crippen molar-refractivity contribution in [1.29, 1.82) is 0 Å². The van der Waals surface area contributed by atoms with Crippen LogP contribution in [0.3, 0.4) is 0 Å². The van der Waals surface area contributed by atoms with Gasteiger partial charge in [-0.2, -0.15) is 0 Å². The Balaban J connectivity index is 1.47. The highest BCUT2D eigenvalue weighted by Crippen LogP contribution is 2.17. The van der Waals surface area contributed by atoms with Crippen LogP contribution in [0.2, 0.25) is 0 Å². The molecule has 1 heterocycles. The van der Waals surface area contributed by atoms with Gasteiger partial charge in [0.25, 0.3) is 5.69 Å². The molecule has 0 aliphatic carbocycles. The molecule has 0 aromatic heterocycles. The number of hydrogen-bond donors (Lipinski definition) is 2. The lowest BCUT2D eigenvalue weighted by Gasteiger charge is -2.26. The fraction of sp³-hybridized carbons (Fsp3) is 0.316. The number of rotatable bonds is 7. The van der Waals surface area contributed by atoms with Crippen molar-refractivity contribution >= 4 is 23.0 Å². The summed E-state index contributed by atoms with van der Waals surface area (Å²) in [6.07, 6.45) is 0. The number of carbonyl (C=O) groups is 1. The predicted octanol–water partition coefficient (Wildman–Crippen LogP) is 2.48. The van der Waals surface area contributed by atoms with Gasteiger partial charge in [0.1, 0.15) is 0 Å². The summed E-state index contributed by atoms with van der Waals surface area (Å²) in [5.41, 5.74) is 2.41. The summed E-state index contributed by atoms with van der Waals surface area (Å²) in [4.78, 5) is 24.7. The summed E-state index contributed by atoms with van der Waals surface area (Å²) in [6.45, 7) is 4.30. The van der Waals surface area contributed by atoms with Crippen LogP contribution in [0.25, 0.3) is 0 Å². The molecule has 8 heteroatoms. The van der Waals surface area contributed by atoms with Crippen molar-refractivity contribution in [2.45, 2.75) is 6.54 Å². The number of benzene rings is 2. The molecule has 3 rings (SSSR count). The van der Waals surface area contributed by atoms with Crippen molar-refractivity contribution in [2.24, 2.45) is 0 Å². The second-order valence-corrected chi connectivity index (χ2v) is 6.29. The van der Waals surface area contributed by atoms with E-state index in [0.29, 0.717) is 11.4 Å². The molecule has 0 saturated carbocycles. The average Bonchev–Trinajstić information content (AvgIpc) is 2.69. The van der Waals surface area contributed by atoms with Gasteiger partial charge in [-0.05, 0) is 23.8 Å². The van der Waals surface area contributed by atoms with E-state index in [1.807, 2.05) is 24.3 Å². The van der Waals surface area contributed by atoms with Crippen molar-refractivity contribution in [3.05, 3.63) is 64.2 Å². The maximum absolute atomic E-state index is 12.1. The van der Waals surface area contributed by atoms with Crippen LogP contribution < -0.4 is 10.6 Å². The van der Waals surface area contributed by atoms with Crippen LogP contribution in [0.15, 0.2) is 48.5 Å². The predicted molar refractivity (Wildman–Crippen MR) is 103 cm³/mol. The van der Waals surface area contributed by atoms with Crippen LogP contribution in [-0.4, -0.2) is 48.6 Å². The second kappa shape index (κ2) is 9.11. The Morgan fingerprint density at radius 3 is 2.56 bits per heavy atom. The van der Waals surface area contributed by atoms with E-state index in [4.69, 9.17) is 4.74 Å². The number of nitro groups is 1. The Morgan fingerprint density at radius 2 is 1.85 bits per heavy atom. The molecule has 8 nitrogen and oxygen atoms in total. The van der Waals surface area contributed by atoms with E-state index in [-0.39, 0.29) is 18.1 Å². The average molecular weight is 370 g/mol. The zero-order valence-electron chi connectivity index (χ0n) is 14.9. The number of carbonyl (C=O) groups excluding carboxylic acids is 1. The maximum Gasteiger partial charge on any atom is 0.271 e. The van der Waals surface area contributed by atoms with Crippen LogP contribution in [-0.2, 0) is 16.1 Å². The monoisotopic (exact) mass is 370 g/mol. The minimum atomic E-state index is -0.469. The molecule has 0 bridgehead atoms. The van der Waals surface area contributed by atoms with E-state index in [0.717, 1.165) is 32.8 Å². The topological polar surface area (TPSA) is 96.7 Å². The molecule has 2 aromatic carbocycles. The second-order valence-electron chi connectivity index (χ2n) is 6.29. The number of nitrogens with zero attached hydrogens (tertiary/aromatic N) is 2. The summed E-state index contributed by atoms with van der Waals surface area (Å²) >= 11 is 0. The van der Waals surface area contributed by atoms with Crippen molar-refractivity contribution in [3.8, 4) is 0 Å². The zero-order valence-corrected chi connectivity index (χ0v) is 14.9. The van der Waals surface area contributed by atoms with Gasteiger partial charge in [0.2, 0.25) is 5.91 Å². The van der Waals surface area contributed by atoms with Gasteiger partial charge in [-0.15, -0.1) is 0 Å². The molecule has 0 atom stereocenters. The van der Waals surface area contributed by atoms with E-state index in [9.17, 15) is 14.9 Å². The van der Waals surface area contributed by atoms with Crippen molar-refractivity contribution in [2.75, 3.05) is 43.5 Å². The third-order valence-corrected chi connectivity index (χ3v) is 4.26. The molecular formula is C19H22N4O4. The molecule has 1 aliphatic rings. The highest BCUT2D eigenvalue weighted by molar-refractivity contribution is 5.93. The molecule has 27 heavy (non-hydrogen) atoms. The van der Waals surface area contributed by atoms with Gasteiger partial charge in [0, 0.05) is 43.1 Å². The summed E-state index contributed by atoms with van der Waals surface area (Å²) in [5.74, 6) is -0.220. The van der Waals surface area contributed by atoms with Crippen molar-refractivity contribution < 1.29 is 14.5 Å². The SMILES string of the molecule is O=C(CNc1cccc([N+](=O)[O-])c1)Nc1ccc(CN2CCOCC2)cc1. The van der Waals surface area contributed by atoms with Crippen LogP contribution in [0.4, 0.5) is 17.1 Å². The molecule has 0 spiro atoms. The van der Waals surface area contributed by atoms with E-state index >= 15 is 0 Å². The molecule has 0 unspecified atom stereocenters. The molecule has 1 fully saturated rings. The normalized spacial score (nSPS) is 14.5. The molecule has 2 N–H and O–H groups in total. The number of non-ortho nitro benzene ring substituents is 1. The molecule has 142 valence electrons. The quantitative estimate of drug-likeness (QED) is 0.574. The number of amides is 1. The number of nitrogens with one attached hydrogen (secondary N) is 2. The molecular weight excluding hydrogens is 348 g/mol. The summed E-state index contributed by atoms with van der Waals surface area (Å²) < 4.78 is 5.34. The highest BCUT2D eigenvalue weighted by Gasteiger charge is 2.11. The van der Waals surface area contributed by atoms with Crippen LogP contribution in [0.5, 0.6) is 0 Å². The number of ether oxygens (including phenoxy) is 1. The number of morpholine rings is 1. The van der Waals surface area contributed by atoms with Gasteiger partial charge in [-0.3, -0.25) is 19.8 Å². The lowest BCUT2D eigenvalue weighted by Crippen LogP contribution is -2.35. The first-order chi connectivity index (χ1) is 13.1. The summed E-state index contributed by atoms with van der Waals surface area (Å²) in [6, 6.07) is 13.8. The van der Waals surface area contributed by atoms with Gasteiger partial charge < -0.3 is 15.4 Å². The van der Waals surface area contributed by atoms with Gasteiger partial charge in [-0.1, -0.05) is 18.2 Å². The highest BCUT2D eigenvalue weighted by atomic mass is 16.6. The fourth-order valence-electron chi connectivity index (χ4n) is 2.83. The Morgan fingerprint density at radius 1 is 1.11 bits per heavy atom. The van der Waals surface area contributed by atoms with Gasteiger partial charge in [0.15, 0.2) is 0 Å². The van der Waals surface area contributed by atoms with Crippen LogP contribution in [0.1, 0.15) is 5.56 Å². The van der Waals surface area contributed by atoms with E-state index in [1.165, 1.54) is 17.7 Å². The lowest BCUT2D eigenvalue weighted by molar-refractivity contribution is -0.384. The van der Waals surface area contributed by atoms with Crippen molar-refractivity contribution in [1.82, 2.24) is 4.90 Å². The molecule has 1 aliphatic heterocycles. The van der Waals surface area contributed by atoms with Crippen LogP contribution >= 0.6 is 0 Å². The molecule has 2 aromatic rings. The number of nitro benzene ring substituents is 1. The summed E-state index contributed by atoms with van der Waals surface area (Å²) in [7, 11) is 0. The minimum absolute atomic E-state index is 0.0173. The first kappa shape index (κ1) is 18.8. The third kappa shape index (κ3) is 5.77.